The number of anilines is 1. The summed E-state index contributed by atoms with van der Waals surface area (Å²) in [4.78, 5) is 12.5. The summed E-state index contributed by atoms with van der Waals surface area (Å²) in [5.41, 5.74) is 2.98. The van der Waals surface area contributed by atoms with Gasteiger partial charge in [-0.05, 0) is 36.6 Å². The number of carbonyl (C=O) groups excluding carboxylic acids is 1. The third-order valence-electron chi connectivity index (χ3n) is 4.31. The quantitative estimate of drug-likeness (QED) is 0.469. The van der Waals surface area contributed by atoms with Crippen molar-refractivity contribution in [2.45, 2.75) is 38.4 Å². The van der Waals surface area contributed by atoms with E-state index in [1.807, 2.05) is 53.1 Å². The molecule has 1 aromatic heterocycles. The molecule has 0 aliphatic heterocycles. The van der Waals surface area contributed by atoms with E-state index in [-0.39, 0.29) is 11.7 Å². The van der Waals surface area contributed by atoms with Crippen molar-refractivity contribution in [1.29, 1.82) is 0 Å². The second kappa shape index (κ2) is 9.39. The van der Waals surface area contributed by atoms with Gasteiger partial charge >= 0.3 is 0 Å². The molecule has 0 saturated carbocycles. The van der Waals surface area contributed by atoms with Gasteiger partial charge in [0, 0.05) is 22.3 Å². The number of halogens is 1. The molecule has 28 heavy (non-hydrogen) atoms. The van der Waals surface area contributed by atoms with Crippen LogP contribution >= 0.6 is 27.7 Å². The predicted molar refractivity (Wildman–Crippen MR) is 119 cm³/mol. The Bertz CT molecular complexity index is 956. The lowest BCUT2D eigenvalue weighted by molar-refractivity contribution is -0.113. The van der Waals surface area contributed by atoms with Crippen molar-refractivity contribution in [3.8, 4) is 11.4 Å². The van der Waals surface area contributed by atoms with Crippen LogP contribution in [0, 0.1) is 0 Å². The fraction of sp³-hybridized carbons (Fsp3) is 0.286. The Balaban J connectivity index is 1.70. The van der Waals surface area contributed by atoms with Gasteiger partial charge in [0.1, 0.15) is 0 Å². The van der Waals surface area contributed by atoms with Gasteiger partial charge in [-0.15, -0.1) is 10.2 Å². The highest BCUT2D eigenvalue weighted by atomic mass is 79.9. The molecule has 146 valence electrons. The average molecular weight is 459 g/mol. The fourth-order valence-corrected chi connectivity index (χ4v) is 4.10. The monoisotopic (exact) mass is 458 g/mol. The molecular weight excluding hydrogens is 436 g/mol. The van der Waals surface area contributed by atoms with Crippen molar-refractivity contribution in [2.24, 2.45) is 0 Å². The molecule has 2 aromatic carbocycles. The van der Waals surface area contributed by atoms with E-state index in [0.717, 1.165) is 38.8 Å². The molecule has 0 bridgehead atoms. The molecule has 7 heteroatoms. The molecule has 3 aromatic rings. The van der Waals surface area contributed by atoms with Gasteiger partial charge in [-0.3, -0.25) is 4.79 Å². The van der Waals surface area contributed by atoms with Crippen LogP contribution in [0.4, 0.5) is 5.69 Å². The van der Waals surface area contributed by atoms with Crippen molar-refractivity contribution in [3.05, 3.63) is 58.6 Å². The van der Waals surface area contributed by atoms with E-state index in [2.05, 4.69) is 52.2 Å². The fourth-order valence-electron chi connectivity index (χ4n) is 2.92. The highest BCUT2D eigenvalue weighted by Crippen LogP contribution is 2.28. The third-order valence-corrected chi connectivity index (χ3v) is 5.77. The molecule has 1 heterocycles. The predicted octanol–water partition coefficient (Wildman–Crippen LogP) is 5.58. The molecule has 0 saturated heterocycles. The van der Waals surface area contributed by atoms with Gasteiger partial charge in [0.2, 0.25) is 5.91 Å². The Hall–Kier alpha value is -2.12. The smallest absolute Gasteiger partial charge is 0.234 e. The van der Waals surface area contributed by atoms with Crippen molar-refractivity contribution < 1.29 is 4.79 Å². The third kappa shape index (κ3) is 4.83. The van der Waals surface area contributed by atoms with Crippen LogP contribution in [-0.4, -0.2) is 26.4 Å². The van der Waals surface area contributed by atoms with Crippen molar-refractivity contribution in [3.63, 3.8) is 0 Å². The lowest BCUT2D eigenvalue weighted by atomic mass is 10.0. The minimum Gasteiger partial charge on any atom is -0.325 e. The Morgan fingerprint density at radius 2 is 1.93 bits per heavy atom. The van der Waals surface area contributed by atoms with Gasteiger partial charge < -0.3 is 9.88 Å². The van der Waals surface area contributed by atoms with Gasteiger partial charge in [-0.1, -0.05) is 71.9 Å². The van der Waals surface area contributed by atoms with Crippen molar-refractivity contribution >= 4 is 39.3 Å². The van der Waals surface area contributed by atoms with Gasteiger partial charge in [-0.2, -0.15) is 0 Å². The molecule has 0 unspecified atom stereocenters. The van der Waals surface area contributed by atoms with Crippen LogP contribution in [0.25, 0.3) is 11.4 Å². The van der Waals surface area contributed by atoms with Gasteiger partial charge in [0.15, 0.2) is 11.0 Å². The molecule has 0 aliphatic carbocycles. The molecule has 0 atom stereocenters. The second-order valence-corrected chi connectivity index (χ2v) is 8.50. The van der Waals surface area contributed by atoms with Crippen LogP contribution in [0.5, 0.6) is 0 Å². The average Bonchev–Trinajstić information content (AvgIpc) is 3.11. The van der Waals surface area contributed by atoms with Crippen LogP contribution in [0.2, 0.25) is 0 Å². The highest BCUT2D eigenvalue weighted by Gasteiger charge is 2.15. The number of amides is 1. The number of hydrogen-bond acceptors (Lipinski definition) is 4. The maximum Gasteiger partial charge on any atom is 0.234 e. The minimum atomic E-state index is -0.0545. The number of hydrogen-bond donors (Lipinski definition) is 1. The maximum atomic E-state index is 12.5. The zero-order chi connectivity index (χ0) is 20.1. The Morgan fingerprint density at radius 1 is 1.18 bits per heavy atom. The van der Waals surface area contributed by atoms with Crippen LogP contribution in [0.15, 0.2) is 58.2 Å². The molecule has 1 amide bonds. The topological polar surface area (TPSA) is 59.8 Å². The zero-order valence-corrected chi connectivity index (χ0v) is 18.5. The first-order chi connectivity index (χ1) is 13.5. The standard InChI is InChI=1S/C21H23BrN4OS/c1-4-26-20(15-8-6-5-7-9-15)24-25-21(26)28-13-19(27)23-18-11-10-16(22)12-17(18)14(2)3/h5-12,14H,4,13H2,1-3H3,(H,23,27). The van der Waals surface area contributed by atoms with Crippen LogP contribution in [0.1, 0.15) is 32.3 Å². The highest BCUT2D eigenvalue weighted by molar-refractivity contribution is 9.10. The molecule has 0 spiro atoms. The maximum absolute atomic E-state index is 12.5. The first-order valence-electron chi connectivity index (χ1n) is 9.20. The van der Waals surface area contributed by atoms with Crippen LogP contribution in [0.3, 0.4) is 0 Å². The second-order valence-electron chi connectivity index (χ2n) is 6.64. The molecular formula is C21H23BrN4OS. The Morgan fingerprint density at radius 3 is 2.61 bits per heavy atom. The number of thioether (sulfide) groups is 1. The summed E-state index contributed by atoms with van der Waals surface area (Å²) in [6, 6.07) is 15.9. The number of rotatable bonds is 7. The largest absolute Gasteiger partial charge is 0.325 e. The van der Waals surface area contributed by atoms with Gasteiger partial charge in [-0.25, -0.2) is 0 Å². The molecule has 0 radical (unpaired) electrons. The molecule has 0 fully saturated rings. The van der Waals surface area contributed by atoms with Crippen LogP contribution in [-0.2, 0) is 11.3 Å². The first kappa shape index (κ1) is 20.6. The normalized spacial score (nSPS) is 11.0. The lowest BCUT2D eigenvalue weighted by Crippen LogP contribution is -2.16. The summed E-state index contributed by atoms with van der Waals surface area (Å²) >= 11 is 4.89. The summed E-state index contributed by atoms with van der Waals surface area (Å²) in [6.07, 6.45) is 0. The Labute approximate surface area is 178 Å². The number of nitrogens with zero attached hydrogens (tertiary/aromatic N) is 3. The minimum absolute atomic E-state index is 0.0545. The summed E-state index contributed by atoms with van der Waals surface area (Å²) in [5, 5.41) is 12.4. The molecule has 0 aliphatic rings. The van der Waals surface area contributed by atoms with Gasteiger partial charge in [0.25, 0.3) is 0 Å². The summed E-state index contributed by atoms with van der Waals surface area (Å²) in [5.74, 6) is 1.36. The molecule has 5 nitrogen and oxygen atoms in total. The number of benzene rings is 2. The van der Waals surface area contributed by atoms with Gasteiger partial charge in [0.05, 0.1) is 5.75 Å². The van der Waals surface area contributed by atoms with E-state index in [0.29, 0.717) is 5.92 Å². The molecule has 1 N–H and O–H groups in total. The Kier molecular flexibility index (Phi) is 6.91. The van der Waals surface area contributed by atoms with E-state index in [4.69, 9.17) is 0 Å². The number of carbonyl (C=O) groups is 1. The first-order valence-corrected chi connectivity index (χ1v) is 11.0. The number of aromatic nitrogens is 3. The SMILES string of the molecule is CCn1c(SCC(=O)Nc2ccc(Br)cc2C(C)C)nnc1-c1ccccc1. The summed E-state index contributed by atoms with van der Waals surface area (Å²) in [7, 11) is 0. The zero-order valence-electron chi connectivity index (χ0n) is 16.1. The molecule has 3 rings (SSSR count). The summed E-state index contributed by atoms with van der Waals surface area (Å²) < 4.78 is 3.04. The van der Waals surface area contributed by atoms with E-state index in [1.165, 1.54) is 11.8 Å². The number of nitrogens with one attached hydrogen (secondary N) is 1. The van der Waals surface area contributed by atoms with E-state index in [9.17, 15) is 4.79 Å². The van der Waals surface area contributed by atoms with E-state index >= 15 is 0 Å². The lowest BCUT2D eigenvalue weighted by Gasteiger charge is -2.14. The van der Waals surface area contributed by atoms with E-state index < -0.39 is 0 Å². The summed E-state index contributed by atoms with van der Waals surface area (Å²) in [6.45, 7) is 7.02. The van der Waals surface area contributed by atoms with E-state index in [1.54, 1.807) is 0 Å². The van der Waals surface area contributed by atoms with Crippen molar-refractivity contribution in [1.82, 2.24) is 14.8 Å². The van der Waals surface area contributed by atoms with Crippen molar-refractivity contribution in [2.75, 3.05) is 11.1 Å². The van der Waals surface area contributed by atoms with Crippen LogP contribution < -0.4 is 5.32 Å².